The van der Waals surface area contributed by atoms with Gasteiger partial charge in [0.25, 0.3) is 0 Å². The Bertz CT molecular complexity index is 1220. The minimum absolute atomic E-state index is 0.186. The molecular weight excluding hydrogens is 374 g/mol. The average molecular weight is 397 g/mol. The summed E-state index contributed by atoms with van der Waals surface area (Å²) >= 11 is 0. The molecule has 4 nitrogen and oxygen atoms in total. The van der Waals surface area contributed by atoms with Crippen molar-refractivity contribution in [3.8, 4) is 16.9 Å². The second kappa shape index (κ2) is 8.29. The van der Waals surface area contributed by atoms with Gasteiger partial charge in [-0.2, -0.15) is 0 Å². The molecule has 0 bridgehead atoms. The lowest BCUT2D eigenvalue weighted by Crippen LogP contribution is -2.08. The molecule has 0 saturated heterocycles. The molecule has 0 spiro atoms. The van der Waals surface area contributed by atoms with Crippen LogP contribution in [0, 0.1) is 6.92 Å². The van der Waals surface area contributed by atoms with Crippen LogP contribution in [0.5, 0.6) is 5.75 Å². The van der Waals surface area contributed by atoms with Gasteiger partial charge in [0.2, 0.25) is 5.91 Å². The molecule has 0 saturated carbocycles. The Hall–Kier alpha value is -3.79. The Morgan fingerprint density at radius 1 is 1.03 bits per heavy atom. The highest BCUT2D eigenvalue weighted by molar-refractivity contribution is 6.05. The number of benzene rings is 3. The topological polar surface area (TPSA) is 51.5 Å². The van der Waals surface area contributed by atoms with Gasteiger partial charge in [0.15, 0.2) is 0 Å². The minimum Gasteiger partial charge on any atom is -0.496 e. The summed E-state index contributed by atoms with van der Waals surface area (Å²) in [7, 11) is 1.62. The molecule has 150 valence electrons. The Kier molecular flexibility index (Phi) is 5.40. The highest BCUT2D eigenvalue weighted by Crippen LogP contribution is 2.37. The van der Waals surface area contributed by atoms with Crippen LogP contribution in [0.4, 0.5) is 5.69 Å². The minimum atomic E-state index is -0.186. The van der Waals surface area contributed by atoms with Crippen LogP contribution >= 0.6 is 0 Å². The number of anilines is 1. The normalized spacial score (nSPS) is 11.5. The standard InChI is InChI=1S/C26H23NO3/c1-17-9-11-20(12-10-17)27-26(28)13-18(2)21-14-22-23(19-7-5-4-6-8-19)16-30-25(22)15-24(21)29-3/h4-16H,1-3H3,(H,27,28)/b18-13+. The largest absolute Gasteiger partial charge is 0.496 e. The van der Waals surface area contributed by atoms with E-state index < -0.39 is 0 Å². The van der Waals surface area contributed by atoms with Crippen LogP contribution in [0.15, 0.2) is 83.5 Å². The van der Waals surface area contributed by atoms with Crippen molar-refractivity contribution in [3.63, 3.8) is 0 Å². The summed E-state index contributed by atoms with van der Waals surface area (Å²) in [6.45, 7) is 3.92. The van der Waals surface area contributed by atoms with Crippen molar-refractivity contribution in [2.75, 3.05) is 12.4 Å². The van der Waals surface area contributed by atoms with E-state index in [1.807, 2.05) is 80.6 Å². The van der Waals surface area contributed by atoms with Crippen molar-refractivity contribution < 1.29 is 13.9 Å². The predicted octanol–water partition coefficient (Wildman–Crippen LogP) is 6.46. The fourth-order valence-corrected chi connectivity index (χ4v) is 3.46. The van der Waals surface area contributed by atoms with Gasteiger partial charge in [-0.1, -0.05) is 48.0 Å². The third kappa shape index (κ3) is 3.98. The summed E-state index contributed by atoms with van der Waals surface area (Å²) in [5.74, 6) is 0.474. The number of methoxy groups -OCH3 is 1. The molecule has 4 rings (SSSR count). The van der Waals surface area contributed by atoms with Gasteiger partial charge < -0.3 is 14.5 Å². The van der Waals surface area contributed by atoms with E-state index in [1.54, 1.807) is 19.4 Å². The molecule has 30 heavy (non-hydrogen) atoms. The quantitative estimate of drug-likeness (QED) is 0.393. The third-order valence-corrected chi connectivity index (χ3v) is 5.07. The maximum absolute atomic E-state index is 12.5. The van der Waals surface area contributed by atoms with Crippen LogP contribution < -0.4 is 10.1 Å². The summed E-state index contributed by atoms with van der Waals surface area (Å²) in [5.41, 5.74) is 6.38. The van der Waals surface area contributed by atoms with Crippen LogP contribution in [0.1, 0.15) is 18.1 Å². The molecule has 1 N–H and O–H groups in total. The molecular formula is C26H23NO3. The first-order valence-corrected chi connectivity index (χ1v) is 9.76. The van der Waals surface area contributed by atoms with Crippen molar-refractivity contribution in [2.24, 2.45) is 0 Å². The highest BCUT2D eigenvalue weighted by Gasteiger charge is 2.15. The molecule has 0 aliphatic carbocycles. The number of hydrogen-bond acceptors (Lipinski definition) is 3. The zero-order valence-electron chi connectivity index (χ0n) is 17.2. The predicted molar refractivity (Wildman–Crippen MR) is 122 cm³/mol. The van der Waals surface area contributed by atoms with Gasteiger partial charge in [0.1, 0.15) is 11.3 Å². The SMILES string of the molecule is COc1cc2occ(-c3ccccc3)c2cc1/C(C)=C/C(=O)Nc1ccc(C)cc1. The third-order valence-electron chi connectivity index (χ3n) is 5.07. The van der Waals surface area contributed by atoms with E-state index in [2.05, 4.69) is 5.32 Å². The van der Waals surface area contributed by atoms with Gasteiger partial charge in [0, 0.05) is 34.3 Å². The highest BCUT2D eigenvalue weighted by atomic mass is 16.5. The van der Waals surface area contributed by atoms with E-state index in [4.69, 9.17) is 9.15 Å². The molecule has 0 aliphatic rings. The lowest BCUT2D eigenvalue weighted by atomic mass is 9.99. The van der Waals surface area contributed by atoms with E-state index in [-0.39, 0.29) is 5.91 Å². The summed E-state index contributed by atoms with van der Waals surface area (Å²) in [6, 6.07) is 21.7. The van der Waals surface area contributed by atoms with Crippen molar-refractivity contribution in [3.05, 3.63) is 90.2 Å². The van der Waals surface area contributed by atoms with Crippen LogP contribution in [0.3, 0.4) is 0 Å². The van der Waals surface area contributed by atoms with E-state index in [0.717, 1.165) is 44.5 Å². The fourth-order valence-electron chi connectivity index (χ4n) is 3.46. The smallest absolute Gasteiger partial charge is 0.248 e. The van der Waals surface area contributed by atoms with Gasteiger partial charge in [-0.15, -0.1) is 0 Å². The number of amides is 1. The molecule has 1 amide bonds. The van der Waals surface area contributed by atoms with E-state index in [1.165, 1.54) is 0 Å². The summed E-state index contributed by atoms with van der Waals surface area (Å²) in [4.78, 5) is 12.5. The lowest BCUT2D eigenvalue weighted by Gasteiger charge is -2.10. The summed E-state index contributed by atoms with van der Waals surface area (Å²) in [6.07, 6.45) is 3.35. The van der Waals surface area contributed by atoms with Gasteiger partial charge >= 0.3 is 0 Å². The zero-order valence-corrected chi connectivity index (χ0v) is 17.2. The maximum atomic E-state index is 12.5. The molecule has 0 radical (unpaired) electrons. The Morgan fingerprint density at radius 3 is 2.47 bits per heavy atom. The van der Waals surface area contributed by atoms with Crippen LogP contribution in [-0.2, 0) is 4.79 Å². The van der Waals surface area contributed by atoms with E-state index in [0.29, 0.717) is 5.75 Å². The zero-order chi connectivity index (χ0) is 21.1. The van der Waals surface area contributed by atoms with E-state index in [9.17, 15) is 4.79 Å². The molecule has 0 fully saturated rings. The Labute approximate surface area is 175 Å². The number of fused-ring (bicyclic) bond motifs is 1. The molecule has 3 aromatic carbocycles. The lowest BCUT2D eigenvalue weighted by molar-refractivity contribution is -0.111. The number of nitrogens with one attached hydrogen (secondary N) is 1. The number of aryl methyl sites for hydroxylation is 1. The van der Waals surface area contributed by atoms with Gasteiger partial charge in [-0.05, 0) is 43.2 Å². The molecule has 0 atom stereocenters. The van der Waals surface area contributed by atoms with Crippen molar-refractivity contribution in [1.82, 2.24) is 0 Å². The molecule has 0 unspecified atom stereocenters. The first-order chi connectivity index (χ1) is 14.5. The van der Waals surface area contributed by atoms with Gasteiger partial charge in [-0.25, -0.2) is 0 Å². The Morgan fingerprint density at radius 2 is 1.77 bits per heavy atom. The second-order valence-electron chi connectivity index (χ2n) is 7.25. The van der Waals surface area contributed by atoms with Gasteiger partial charge in [0.05, 0.1) is 13.4 Å². The summed E-state index contributed by atoms with van der Waals surface area (Å²) < 4.78 is 11.3. The number of ether oxygens (including phenoxy) is 1. The molecule has 1 heterocycles. The number of rotatable bonds is 5. The molecule has 0 aliphatic heterocycles. The number of hydrogen-bond donors (Lipinski definition) is 1. The Balaban J connectivity index is 1.70. The van der Waals surface area contributed by atoms with Crippen molar-refractivity contribution >= 4 is 28.1 Å². The summed E-state index contributed by atoms with van der Waals surface area (Å²) in [5, 5.41) is 3.88. The fraction of sp³-hybridized carbons (Fsp3) is 0.115. The second-order valence-corrected chi connectivity index (χ2v) is 7.25. The van der Waals surface area contributed by atoms with Crippen LogP contribution in [-0.4, -0.2) is 13.0 Å². The number of carbonyl (C=O) groups is 1. The first-order valence-electron chi connectivity index (χ1n) is 9.76. The number of allylic oxidation sites excluding steroid dienone is 1. The monoisotopic (exact) mass is 397 g/mol. The average Bonchev–Trinajstić information content (AvgIpc) is 3.18. The van der Waals surface area contributed by atoms with Crippen LogP contribution in [0.2, 0.25) is 0 Å². The molecule has 4 aromatic rings. The van der Waals surface area contributed by atoms with E-state index >= 15 is 0 Å². The number of furan rings is 1. The maximum Gasteiger partial charge on any atom is 0.248 e. The van der Waals surface area contributed by atoms with Crippen LogP contribution in [0.25, 0.3) is 27.7 Å². The van der Waals surface area contributed by atoms with Gasteiger partial charge in [-0.3, -0.25) is 4.79 Å². The molecule has 4 heteroatoms. The molecule has 1 aromatic heterocycles. The van der Waals surface area contributed by atoms with Crippen molar-refractivity contribution in [1.29, 1.82) is 0 Å². The first kappa shape index (κ1) is 19.5. The van der Waals surface area contributed by atoms with Crippen molar-refractivity contribution in [2.45, 2.75) is 13.8 Å². The number of carbonyl (C=O) groups excluding carboxylic acids is 1.